The third-order valence-corrected chi connectivity index (χ3v) is 1.80. The van der Waals surface area contributed by atoms with Crippen LogP contribution < -0.4 is 98.9 Å². The molecular formula is C5H4NNa3O5S2. The molecule has 11 heteroatoms. The molecule has 0 radical (unpaired) electrons. The van der Waals surface area contributed by atoms with Gasteiger partial charge in [-0.05, 0) is 0 Å². The van der Waals surface area contributed by atoms with E-state index in [1.807, 2.05) is 0 Å². The van der Waals surface area contributed by atoms with E-state index in [0.29, 0.717) is 15.7 Å². The molecule has 0 unspecified atom stereocenters. The van der Waals surface area contributed by atoms with Gasteiger partial charge in [-0.1, -0.05) is 0 Å². The SMILES string of the molecule is O=C([O-])CN(CC(=O)[O-])C(=O)S[S-].[Na+].[Na+].[Na+]. The second kappa shape index (κ2) is 15.2. The van der Waals surface area contributed by atoms with E-state index < -0.39 is 30.3 Å². The van der Waals surface area contributed by atoms with Gasteiger partial charge >= 0.3 is 88.7 Å². The molecule has 0 saturated heterocycles. The van der Waals surface area contributed by atoms with Crippen LogP contribution in [0.2, 0.25) is 0 Å². The van der Waals surface area contributed by atoms with Gasteiger partial charge in [-0.2, -0.15) is 0 Å². The number of rotatable bonds is 4. The number of nitrogens with zero attached hydrogens (tertiary/aromatic N) is 1. The zero-order chi connectivity index (χ0) is 10.4. The van der Waals surface area contributed by atoms with Crippen LogP contribution in [0.15, 0.2) is 0 Å². The normalized spacial score (nSPS) is 7.56. The molecular weight excluding hydrogens is 287 g/mol. The Labute approximate surface area is 168 Å². The second-order valence-electron chi connectivity index (χ2n) is 1.95. The summed E-state index contributed by atoms with van der Waals surface area (Å²) in [5, 5.41) is 19.3. The van der Waals surface area contributed by atoms with E-state index in [1.54, 1.807) is 0 Å². The second-order valence-corrected chi connectivity index (χ2v) is 2.97. The summed E-state index contributed by atoms with van der Waals surface area (Å²) in [4.78, 5) is 31.4. The Balaban J connectivity index is -0.000000240. The van der Waals surface area contributed by atoms with Gasteiger partial charge in [0.2, 0.25) is 0 Å². The number of hydrogen-bond acceptors (Lipinski definition) is 7. The van der Waals surface area contributed by atoms with E-state index in [2.05, 4.69) is 11.7 Å². The Morgan fingerprint density at radius 1 is 1.00 bits per heavy atom. The Morgan fingerprint density at radius 3 is 1.50 bits per heavy atom. The van der Waals surface area contributed by atoms with Crippen molar-refractivity contribution in [2.24, 2.45) is 0 Å². The largest absolute Gasteiger partial charge is 1.00 e. The molecule has 1 amide bonds. The van der Waals surface area contributed by atoms with E-state index in [-0.39, 0.29) is 88.7 Å². The van der Waals surface area contributed by atoms with Crippen LogP contribution in [-0.2, 0) is 21.2 Å². The van der Waals surface area contributed by atoms with E-state index in [0.717, 1.165) is 0 Å². The van der Waals surface area contributed by atoms with Crippen molar-refractivity contribution in [3.63, 3.8) is 0 Å². The average molecular weight is 291 g/mol. The monoisotopic (exact) mass is 291 g/mol. The van der Waals surface area contributed by atoms with Gasteiger partial charge < -0.3 is 36.4 Å². The van der Waals surface area contributed by atoms with Crippen molar-refractivity contribution in [1.29, 1.82) is 0 Å². The summed E-state index contributed by atoms with van der Waals surface area (Å²) in [5.41, 5.74) is 0. The van der Waals surface area contributed by atoms with Gasteiger partial charge in [-0.3, -0.25) is 4.79 Å². The third kappa shape index (κ3) is 14.2. The van der Waals surface area contributed by atoms with E-state index in [9.17, 15) is 24.6 Å². The summed E-state index contributed by atoms with van der Waals surface area (Å²) in [6.07, 6.45) is 0. The summed E-state index contributed by atoms with van der Waals surface area (Å²) in [6, 6.07) is 0. The average Bonchev–Trinajstić information content (AvgIpc) is 2.00. The maximum atomic E-state index is 10.8. The maximum Gasteiger partial charge on any atom is 1.00 e. The van der Waals surface area contributed by atoms with Crippen molar-refractivity contribution in [1.82, 2.24) is 4.90 Å². The van der Waals surface area contributed by atoms with Crippen LogP contribution in [0.25, 0.3) is 0 Å². The predicted molar refractivity (Wildman–Crippen MR) is 41.9 cm³/mol. The number of amides is 1. The molecule has 16 heavy (non-hydrogen) atoms. The van der Waals surface area contributed by atoms with Crippen LogP contribution in [0.4, 0.5) is 4.79 Å². The van der Waals surface area contributed by atoms with Gasteiger partial charge in [0.25, 0.3) is 5.24 Å². The Bertz CT molecular complexity index is 226. The number of carboxylic acids is 2. The molecule has 0 aromatic heterocycles. The summed E-state index contributed by atoms with van der Waals surface area (Å²) < 4.78 is 0. The van der Waals surface area contributed by atoms with E-state index >= 15 is 0 Å². The van der Waals surface area contributed by atoms with Crippen LogP contribution in [0.3, 0.4) is 0 Å². The zero-order valence-corrected chi connectivity index (χ0v) is 16.9. The van der Waals surface area contributed by atoms with Crippen LogP contribution >= 0.6 is 10.8 Å². The standard InChI is InChI=1S/C5H7NO5S2.3Na/c7-3(8)1-6(2-4(9)10)5(11)13-12;;;/h12H,1-2H2,(H,7,8)(H,9,10);;;/q;3*+1/p-3. The Hall–Kier alpha value is 2.11. The van der Waals surface area contributed by atoms with Crippen molar-refractivity contribution in [3.05, 3.63) is 0 Å². The van der Waals surface area contributed by atoms with Gasteiger partial charge in [-0.25, -0.2) is 10.8 Å². The first kappa shape index (κ1) is 26.6. The molecule has 0 bridgehead atoms. The minimum Gasteiger partial charge on any atom is -0.709 e. The molecule has 74 valence electrons. The Kier molecular flexibility index (Phi) is 25.2. The molecule has 0 rings (SSSR count). The molecule has 0 N–H and O–H groups in total. The van der Waals surface area contributed by atoms with Gasteiger partial charge in [0.1, 0.15) is 0 Å². The predicted octanol–water partition coefficient (Wildman–Crippen LogP) is -11.9. The summed E-state index contributed by atoms with van der Waals surface area (Å²) in [7, 11) is 0.305. The molecule has 0 aliphatic heterocycles. The third-order valence-electron chi connectivity index (χ3n) is 0.969. The molecule has 0 aromatic rings. The molecule has 6 nitrogen and oxygen atoms in total. The first-order valence-electron chi connectivity index (χ1n) is 2.95. The minimum atomic E-state index is -1.56. The van der Waals surface area contributed by atoms with Crippen LogP contribution in [0, 0.1) is 0 Å². The molecule has 0 spiro atoms. The maximum absolute atomic E-state index is 10.8. The molecule has 0 aromatic carbocycles. The van der Waals surface area contributed by atoms with Gasteiger partial charge in [0.15, 0.2) is 0 Å². The molecule has 0 atom stereocenters. The van der Waals surface area contributed by atoms with Crippen molar-refractivity contribution in [3.8, 4) is 0 Å². The van der Waals surface area contributed by atoms with E-state index in [4.69, 9.17) is 0 Å². The van der Waals surface area contributed by atoms with Crippen molar-refractivity contribution in [2.45, 2.75) is 0 Å². The number of carbonyl (C=O) groups is 3. The number of carbonyl (C=O) groups excluding carboxylic acids is 3. The molecule has 0 saturated carbocycles. The van der Waals surface area contributed by atoms with Crippen molar-refractivity contribution >= 4 is 39.6 Å². The topological polar surface area (TPSA) is 101 Å². The van der Waals surface area contributed by atoms with Gasteiger partial charge in [0.05, 0.1) is 25.0 Å². The molecule has 0 heterocycles. The molecule has 0 aliphatic rings. The van der Waals surface area contributed by atoms with Gasteiger partial charge in [-0.15, -0.1) is 0 Å². The van der Waals surface area contributed by atoms with Gasteiger partial charge in [0, 0.05) is 0 Å². The number of aliphatic carboxylic acids is 2. The Morgan fingerprint density at radius 2 is 1.31 bits per heavy atom. The summed E-state index contributed by atoms with van der Waals surface area (Å²) in [6.45, 7) is -1.62. The fraction of sp³-hybridized carbons (Fsp3) is 0.400. The summed E-state index contributed by atoms with van der Waals surface area (Å²) in [5.74, 6) is -3.11. The molecule has 0 fully saturated rings. The zero-order valence-electron chi connectivity index (χ0n) is 9.22. The van der Waals surface area contributed by atoms with Crippen LogP contribution in [0.1, 0.15) is 0 Å². The van der Waals surface area contributed by atoms with Crippen molar-refractivity contribution < 1.29 is 113 Å². The van der Waals surface area contributed by atoms with Crippen LogP contribution in [0.5, 0.6) is 0 Å². The first-order valence-corrected chi connectivity index (χ1v) is 4.70. The smallest absolute Gasteiger partial charge is 0.709 e. The van der Waals surface area contributed by atoms with Crippen LogP contribution in [-0.4, -0.2) is 35.2 Å². The fourth-order valence-electron chi connectivity index (χ4n) is 0.549. The number of carboxylic acid groups (broad SMARTS) is 2. The minimum absolute atomic E-state index is 0. The quantitative estimate of drug-likeness (QED) is 0.288. The number of hydrogen-bond donors (Lipinski definition) is 0. The van der Waals surface area contributed by atoms with Crippen molar-refractivity contribution in [2.75, 3.05) is 13.1 Å². The fourth-order valence-corrected chi connectivity index (χ4v) is 1.10. The van der Waals surface area contributed by atoms with E-state index in [1.165, 1.54) is 0 Å². The summed E-state index contributed by atoms with van der Waals surface area (Å²) >= 11 is 4.26. The first-order chi connectivity index (χ1) is 5.97. The molecule has 0 aliphatic carbocycles.